The van der Waals surface area contributed by atoms with Crippen LogP contribution in [0.5, 0.6) is 0 Å². The van der Waals surface area contributed by atoms with Gasteiger partial charge in [-0.25, -0.2) is 25.3 Å². The molecule has 2 heterocycles. The van der Waals surface area contributed by atoms with Gasteiger partial charge in [-0.3, -0.25) is 0 Å². The van der Waals surface area contributed by atoms with Crippen molar-refractivity contribution >= 4 is 29.9 Å². The van der Waals surface area contributed by atoms with Crippen LogP contribution in [0.25, 0.3) is 0 Å². The highest BCUT2D eigenvalue weighted by Crippen LogP contribution is 2.32. The predicted octanol–water partition coefficient (Wildman–Crippen LogP) is 1.05. The van der Waals surface area contributed by atoms with Crippen LogP contribution < -0.4 is 0 Å². The number of hydrogen-bond acceptors (Lipinski definition) is 6. The Balaban J connectivity index is 1.83. The summed E-state index contributed by atoms with van der Waals surface area (Å²) in [6.45, 7) is 9.57. The molecule has 0 aliphatic carbocycles. The second kappa shape index (κ2) is 7.84. The largest absolute Gasteiger partial charge is 0.243 e. The summed E-state index contributed by atoms with van der Waals surface area (Å²) < 4.78 is 78.5. The first kappa shape index (κ1) is 23.6. The minimum Gasteiger partial charge on any atom is -0.229 e. The molecule has 2 aliphatic rings. The molecule has 2 aliphatic heterocycles. The molecular formula is C19H30N2O6S3. The van der Waals surface area contributed by atoms with Gasteiger partial charge in [-0.15, -0.1) is 0 Å². The van der Waals surface area contributed by atoms with E-state index in [1.54, 1.807) is 0 Å². The van der Waals surface area contributed by atoms with Crippen LogP contribution in [-0.4, -0.2) is 76.8 Å². The Labute approximate surface area is 180 Å². The molecular weight excluding hydrogens is 448 g/mol. The molecule has 30 heavy (non-hydrogen) atoms. The summed E-state index contributed by atoms with van der Waals surface area (Å²) in [6, 6.07) is 0. The van der Waals surface area contributed by atoms with Gasteiger partial charge in [-0.05, 0) is 68.9 Å². The molecule has 8 nitrogen and oxygen atoms in total. The van der Waals surface area contributed by atoms with Crippen LogP contribution in [0, 0.1) is 34.6 Å². The monoisotopic (exact) mass is 478 g/mol. The molecule has 0 unspecified atom stereocenters. The predicted molar refractivity (Wildman–Crippen MR) is 116 cm³/mol. The van der Waals surface area contributed by atoms with E-state index in [9.17, 15) is 25.3 Å². The van der Waals surface area contributed by atoms with E-state index < -0.39 is 35.1 Å². The molecule has 1 aromatic rings. The lowest BCUT2D eigenvalue weighted by molar-refractivity contribution is 0.271. The molecule has 0 N–H and O–H groups in total. The average molecular weight is 479 g/mol. The number of nitrogens with zero attached hydrogens (tertiary/aromatic N) is 2. The van der Waals surface area contributed by atoms with E-state index in [1.807, 2.05) is 34.6 Å². The van der Waals surface area contributed by atoms with Crippen molar-refractivity contribution in [2.75, 3.05) is 37.7 Å². The molecule has 170 valence electrons. The summed E-state index contributed by atoms with van der Waals surface area (Å²) in [5.41, 5.74) is 4.41. The summed E-state index contributed by atoms with van der Waals surface area (Å²) in [4.78, 5) is 0.307. The van der Waals surface area contributed by atoms with Crippen molar-refractivity contribution in [2.24, 2.45) is 0 Å². The molecule has 3 rings (SSSR count). The van der Waals surface area contributed by atoms with E-state index in [1.165, 1.54) is 8.61 Å². The second-order valence-corrected chi connectivity index (χ2v) is 14.6. The third kappa shape index (κ3) is 3.94. The number of sulfonamides is 2. The molecule has 0 amide bonds. The van der Waals surface area contributed by atoms with E-state index in [-0.39, 0.29) is 44.1 Å². The quantitative estimate of drug-likeness (QED) is 0.640. The Kier molecular flexibility index (Phi) is 6.18. The van der Waals surface area contributed by atoms with Crippen molar-refractivity contribution in [1.29, 1.82) is 0 Å². The molecule has 0 bridgehead atoms. The zero-order valence-corrected chi connectivity index (χ0v) is 20.5. The maximum Gasteiger partial charge on any atom is 0.243 e. The van der Waals surface area contributed by atoms with Crippen LogP contribution in [0.1, 0.15) is 34.2 Å². The van der Waals surface area contributed by atoms with Crippen molar-refractivity contribution in [3.8, 4) is 0 Å². The van der Waals surface area contributed by atoms with Gasteiger partial charge in [0.15, 0.2) is 9.84 Å². The zero-order chi connectivity index (χ0) is 22.6. The normalized spacial score (nSPS) is 23.7. The van der Waals surface area contributed by atoms with Gasteiger partial charge < -0.3 is 0 Å². The highest BCUT2D eigenvalue weighted by atomic mass is 32.2. The van der Waals surface area contributed by atoms with Gasteiger partial charge in [0.2, 0.25) is 20.0 Å². The number of benzene rings is 1. The molecule has 2 fully saturated rings. The van der Waals surface area contributed by atoms with E-state index in [0.717, 1.165) is 27.8 Å². The standard InChI is InChI=1S/C19H30N2O6S3/c1-13-14(2)16(4)19(17(5)15(13)3)30(26,27)21-9-7-20(8-10-21)29(24,25)18-6-11-28(22,23)12-18/h18H,6-12H2,1-5H3/t18-/m1/s1. The second-order valence-electron chi connectivity index (χ2n) is 8.33. The smallest absolute Gasteiger partial charge is 0.229 e. The van der Waals surface area contributed by atoms with Gasteiger partial charge in [0, 0.05) is 26.2 Å². The van der Waals surface area contributed by atoms with Crippen molar-refractivity contribution in [3.05, 3.63) is 27.8 Å². The fourth-order valence-electron chi connectivity index (χ4n) is 4.35. The van der Waals surface area contributed by atoms with Crippen LogP contribution in [0.4, 0.5) is 0 Å². The molecule has 0 radical (unpaired) electrons. The molecule has 0 spiro atoms. The Bertz CT molecular complexity index is 1150. The maximum atomic E-state index is 13.4. The van der Waals surface area contributed by atoms with Gasteiger partial charge in [0.25, 0.3) is 0 Å². The van der Waals surface area contributed by atoms with Crippen LogP contribution in [0.15, 0.2) is 4.90 Å². The lowest BCUT2D eigenvalue weighted by Gasteiger charge is -2.35. The first-order valence-electron chi connectivity index (χ1n) is 9.96. The number of hydrogen-bond donors (Lipinski definition) is 0. The van der Waals surface area contributed by atoms with E-state index >= 15 is 0 Å². The van der Waals surface area contributed by atoms with Crippen molar-refractivity contribution < 1.29 is 25.3 Å². The Hall–Kier alpha value is -1.01. The zero-order valence-electron chi connectivity index (χ0n) is 18.1. The van der Waals surface area contributed by atoms with Gasteiger partial charge in [0.1, 0.15) is 0 Å². The number of sulfone groups is 1. The summed E-state index contributed by atoms with van der Waals surface area (Å²) in [6.07, 6.45) is 0.101. The van der Waals surface area contributed by atoms with Gasteiger partial charge in [0.05, 0.1) is 21.7 Å². The van der Waals surface area contributed by atoms with Crippen molar-refractivity contribution in [2.45, 2.75) is 51.2 Å². The summed E-state index contributed by atoms with van der Waals surface area (Å²) in [5.74, 6) is -0.468. The lowest BCUT2D eigenvalue weighted by atomic mass is 9.95. The lowest BCUT2D eigenvalue weighted by Crippen LogP contribution is -2.52. The van der Waals surface area contributed by atoms with Crippen LogP contribution in [0.3, 0.4) is 0 Å². The molecule has 1 aromatic carbocycles. The van der Waals surface area contributed by atoms with Crippen molar-refractivity contribution in [3.63, 3.8) is 0 Å². The number of rotatable bonds is 4. The van der Waals surface area contributed by atoms with Crippen LogP contribution in [-0.2, 0) is 29.9 Å². The van der Waals surface area contributed by atoms with Gasteiger partial charge in [-0.2, -0.15) is 8.61 Å². The SMILES string of the molecule is Cc1c(C)c(C)c(S(=O)(=O)N2CCN(S(=O)(=O)[C@@H]3CCS(=O)(=O)C3)CC2)c(C)c1C. The summed E-state index contributed by atoms with van der Waals surface area (Å²) in [5, 5.41) is -0.933. The third-order valence-corrected chi connectivity index (χ3v) is 13.2. The molecule has 0 saturated carbocycles. The topological polar surface area (TPSA) is 109 Å². The summed E-state index contributed by atoms with van der Waals surface area (Å²) in [7, 11) is -10.9. The fourth-order valence-corrected chi connectivity index (χ4v) is 10.8. The first-order chi connectivity index (χ1) is 13.7. The Morgan fingerprint density at radius 3 is 1.60 bits per heavy atom. The van der Waals surface area contributed by atoms with Crippen LogP contribution in [0.2, 0.25) is 0 Å². The highest BCUT2D eigenvalue weighted by Gasteiger charge is 2.42. The molecule has 0 aromatic heterocycles. The fraction of sp³-hybridized carbons (Fsp3) is 0.684. The maximum absolute atomic E-state index is 13.4. The minimum absolute atomic E-state index is 0.0278. The Morgan fingerprint density at radius 2 is 1.17 bits per heavy atom. The van der Waals surface area contributed by atoms with E-state index in [0.29, 0.717) is 4.90 Å². The molecule has 11 heteroatoms. The average Bonchev–Trinajstić information content (AvgIpc) is 3.05. The first-order valence-corrected chi connectivity index (χ1v) is 14.7. The van der Waals surface area contributed by atoms with E-state index in [2.05, 4.69) is 0 Å². The molecule has 2 saturated heterocycles. The Morgan fingerprint density at radius 1 is 0.733 bits per heavy atom. The van der Waals surface area contributed by atoms with Crippen molar-refractivity contribution in [1.82, 2.24) is 8.61 Å². The van der Waals surface area contributed by atoms with E-state index in [4.69, 9.17) is 0 Å². The minimum atomic E-state index is -3.78. The van der Waals surface area contributed by atoms with Gasteiger partial charge >= 0.3 is 0 Å². The highest BCUT2D eigenvalue weighted by molar-refractivity contribution is 7.95. The number of piperazine rings is 1. The van der Waals surface area contributed by atoms with Crippen LogP contribution >= 0.6 is 0 Å². The summed E-state index contributed by atoms with van der Waals surface area (Å²) >= 11 is 0. The van der Waals surface area contributed by atoms with Gasteiger partial charge in [-0.1, -0.05) is 0 Å². The molecule has 1 atom stereocenters. The third-order valence-electron chi connectivity index (χ3n) is 6.70.